The van der Waals surface area contributed by atoms with Crippen molar-refractivity contribution < 1.29 is 13.5 Å². The van der Waals surface area contributed by atoms with Crippen LogP contribution in [0.25, 0.3) is 0 Å². The fraction of sp³-hybridized carbons (Fsp3) is 0.412. The zero-order valence-corrected chi connectivity index (χ0v) is 12.8. The molecule has 0 unspecified atom stereocenters. The summed E-state index contributed by atoms with van der Waals surface area (Å²) in [7, 11) is 0. The van der Waals surface area contributed by atoms with Crippen LogP contribution in [0.3, 0.4) is 0 Å². The second kappa shape index (κ2) is 7.27. The van der Waals surface area contributed by atoms with Gasteiger partial charge in [0.15, 0.2) is 0 Å². The molecule has 0 fully saturated rings. The van der Waals surface area contributed by atoms with Crippen molar-refractivity contribution in [3.8, 4) is 5.75 Å². The molecule has 21 heavy (non-hydrogen) atoms. The van der Waals surface area contributed by atoms with Gasteiger partial charge in [-0.2, -0.15) is 0 Å². The molecule has 2 aromatic rings. The summed E-state index contributed by atoms with van der Waals surface area (Å²) < 4.78 is 24.5. The molecule has 1 N–H and O–H groups in total. The summed E-state index contributed by atoms with van der Waals surface area (Å²) in [6.45, 7) is 8.05. The minimum atomic E-state index is -0.296. The molecule has 0 aliphatic rings. The number of furan rings is 1. The van der Waals surface area contributed by atoms with Crippen LogP contribution >= 0.6 is 0 Å². The van der Waals surface area contributed by atoms with Crippen LogP contribution in [0.4, 0.5) is 4.39 Å². The normalized spacial score (nSPS) is 10.9. The monoisotopic (exact) mass is 291 g/mol. The first-order chi connectivity index (χ1) is 10.1. The lowest BCUT2D eigenvalue weighted by Crippen LogP contribution is -2.13. The molecule has 1 heterocycles. The van der Waals surface area contributed by atoms with E-state index in [9.17, 15) is 4.39 Å². The van der Waals surface area contributed by atoms with Crippen molar-refractivity contribution in [2.75, 3.05) is 6.54 Å². The van der Waals surface area contributed by atoms with Crippen molar-refractivity contribution in [1.82, 2.24) is 5.32 Å². The fourth-order valence-corrected chi connectivity index (χ4v) is 2.11. The molecule has 4 heteroatoms. The molecule has 114 valence electrons. The van der Waals surface area contributed by atoms with Crippen LogP contribution in [0.15, 0.2) is 28.7 Å². The Balaban J connectivity index is 1.97. The van der Waals surface area contributed by atoms with E-state index in [0.29, 0.717) is 12.4 Å². The van der Waals surface area contributed by atoms with Crippen molar-refractivity contribution in [1.29, 1.82) is 0 Å². The summed E-state index contributed by atoms with van der Waals surface area (Å²) in [5, 5.41) is 3.35. The molecule has 0 atom stereocenters. The predicted octanol–water partition coefficient (Wildman–Crippen LogP) is 4.11. The third-order valence-electron chi connectivity index (χ3n) is 3.33. The SMILES string of the molecule is CCCNCc1cc(COc2cc(F)ccc2C)oc1C. The third kappa shape index (κ3) is 4.33. The van der Waals surface area contributed by atoms with Gasteiger partial charge in [-0.3, -0.25) is 0 Å². The second-order valence-corrected chi connectivity index (χ2v) is 5.17. The average Bonchev–Trinajstić information content (AvgIpc) is 2.81. The Morgan fingerprint density at radius 1 is 1.24 bits per heavy atom. The topological polar surface area (TPSA) is 34.4 Å². The van der Waals surface area contributed by atoms with Crippen molar-refractivity contribution in [2.45, 2.75) is 40.3 Å². The van der Waals surface area contributed by atoms with Gasteiger partial charge in [-0.1, -0.05) is 13.0 Å². The first-order valence-electron chi connectivity index (χ1n) is 7.28. The number of halogens is 1. The fourth-order valence-electron chi connectivity index (χ4n) is 2.11. The number of rotatable bonds is 7. The zero-order valence-electron chi connectivity index (χ0n) is 12.8. The molecule has 3 nitrogen and oxygen atoms in total. The number of benzene rings is 1. The van der Waals surface area contributed by atoms with Gasteiger partial charge in [-0.25, -0.2) is 4.39 Å². The van der Waals surface area contributed by atoms with Gasteiger partial charge in [-0.05, 0) is 44.5 Å². The molecule has 0 aliphatic heterocycles. The summed E-state index contributed by atoms with van der Waals surface area (Å²) in [5.41, 5.74) is 2.04. The van der Waals surface area contributed by atoms with Crippen LogP contribution in [0.2, 0.25) is 0 Å². The van der Waals surface area contributed by atoms with Gasteiger partial charge >= 0.3 is 0 Å². The molecule has 0 saturated heterocycles. The Kier molecular flexibility index (Phi) is 5.39. The van der Waals surface area contributed by atoms with E-state index in [2.05, 4.69) is 12.2 Å². The highest BCUT2D eigenvalue weighted by Gasteiger charge is 2.09. The number of ether oxygens (including phenoxy) is 1. The van der Waals surface area contributed by atoms with E-state index in [1.807, 2.05) is 19.9 Å². The van der Waals surface area contributed by atoms with E-state index in [0.717, 1.165) is 42.2 Å². The van der Waals surface area contributed by atoms with Crippen LogP contribution in [0.5, 0.6) is 5.75 Å². The maximum atomic E-state index is 13.2. The first-order valence-corrected chi connectivity index (χ1v) is 7.28. The molecular weight excluding hydrogens is 269 g/mol. The Morgan fingerprint density at radius 3 is 2.81 bits per heavy atom. The number of hydrogen-bond acceptors (Lipinski definition) is 3. The molecule has 0 aliphatic carbocycles. The Hall–Kier alpha value is -1.81. The van der Waals surface area contributed by atoms with E-state index in [4.69, 9.17) is 9.15 Å². The van der Waals surface area contributed by atoms with E-state index >= 15 is 0 Å². The van der Waals surface area contributed by atoms with Gasteiger partial charge in [0.05, 0.1) is 0 Å². The van der Waals surface area contributed by atoms with Crippen LogP contribution < -0.4 is 10.1 Å². The minimum absolute atomic E-state index is 0.296. The van der Waals surface area contributed by atoms with E-state index in [1.54, 1.807) is 6.07 Å². The van der Waals surface area contributed by atoms with Gasteiger partial charge in [0, 0.05) is 18.2 Å². The Bertz CT molecular complexity index is 592. The van der Waals surface area contributed by atoms with Gasteiger partial charge in [0.25, 0.3) is 0 Å². The number of hydrogen-bond donors (Lipinski definition) is 1. The van der Waals surface area contributed by atoms with Gasteiger partial charge in [-0.15, -0.1) is 0 Å². The zero-order chi connectivity index (χ0) is 15.2. The maximum absolute atomic E-state index is 13.2. The van der Waals surface area contributed by atoms with Crippen molar-refractivity contribution in [3.63, 3.8) is 0 Å². The largest absolute Gasteiger partial charge is 0.485 e. The van der Waals surface area contributed by atoms with E-state index in [-0.39, 0.29) is 5.82 Å². The van der Waals surface area contributed by atoms with Crippen LogP contribution in [0.1, 0.15) is 36.0 Å². The van der Waals surface area contributed by atoms with E-state index < -0.39 is 0 Å². The van der Waals surface area contributed by atoms with Crippen molar-refractivity contribution in [3.05, 3.63) is 52.7 Å². The molecule has 0 amide bonds. The van der Waals surface area contributed by atoms with Crippen LogP contribution in [0, 0.1) is 19.7 Å². The lowest BCUT2D eigenvalue weighted by molar-refractivity contribution is 0.265. The molecular formula is C17H22FNO2. The molecule has 2 rings (SSSR count). The molecule has 0 bridgehead atoms. The summed E-state index contributed by atoms with van der Waals surface area (Å²) in [4.78, 5) is 0. The van der Waals surface area contributed by atoms with Crippen molar-refractivity contribution >= 4 is 0 Å². The Morgan fingerprint density at radius 2 is 2.05 bits per heavy atom. The summed E-state index contributed by atoms with van der Waals surface area (Å²) in [5.74, 6) is 1.91. The smallest absolute Gasteiger partial charge is 0.146 e. The highest BCUT2D eigenvalue weighted by molar-refractivity contribution is 5.32. The quantitative estimate of drug-likeness (QED) is 0.779. The van der Waals surface area contributed by atoms with Crippen molar-refractivity contribution in [2.24, 2.45) is 0 Å². The average molecular weight is 291 g/mol. The maximum Gasteiger partial charge on any atom is 0.146 e. The lowest BCUT2D eigenvalue weighted by Gasteiger charge is -2.07. The number of aryl methyl sites for hydroxylation is 2. The minimum Gasteiger partial charge on any atom is -0.485 e. The molecule has 0 spiro atoms. The summed E-state index contributed by atoms with van der Waals surface area (Å²) in [6.07, 6.45) is 1.10. The molecule has 1 aromatic carbocycles. The second-order valence-electron chi connectivity index (χ2n) is 5.17. The predicted molar refractivity (Wildman–Crippen MR) is 80.9 cm³/mol. The third-order valence-corrected chi connectivity index (χ3v) is 3.33. The summed E-state index contributed by atoms with van der Waals surface area (Å²) in [6, 6.07) is 6.52. The molecule has 0 radical (unpaired) electrons. The van der Waals surface area contributed by atoms with Crippen LogP contribution in [-0.4, -0.2) is 6.54 Å². The number of nitrogens with one attached hydrogen (secondary N) is 1. The first kappa shape index (κ1) is 15.6. The standard InChI is InChI=1S/C17H22FNO2/c1-4-7-19-10-14-8-16(21-13(14)3)11-20-17-9-15(18)6-5-12(17)2/h5-6,8-9,19H,4,7,10-11H2,1-3H3. The van der Waals surface area contributed by atoms with Gasteiger partial charge in [0.1, 0.15) is 29.7 Å². The molecule has 1 aromatic heterocycles. The van der Waals surface area contributed by atoms with Crippen LogP contribution in [-0.2, 0) is 13.2 Å². The molecule has 0 saturated carbocycles. The highest BCUT2D eigenvalue weighted by Crippen LogP contribution is 2.21. The van der Waals surface area contributed by atoms with Gasteiger partial charge < -0.3 is 14.5 Å². The Labute approximate surface area is 125 Å². The summed E-state index contributed by atoms with van der Waals surface area (Å²) >= 11 is 0. The lowest BCUT2D eigenvalue weighted by atomic mass is 10.2. The van der Waals surface area contributed by atoms with Gasteiger partial charge in [0.2, 0.25) is 0 Å². The van der Waals surface area contributed by atoms with E-state index in [1.165, 1.54) is 12.1 Å². The highest BCUT2D eigenvalue weighted by atomic mass is 19.1.